The minimum absolute atomic E-state index is 0.104. The quantitative estimate of drug-likeness (QED) is 0.384. The highest BCUT2D eigenvalue weighted by atomic mass is 35.5. The lowest BCUT2D eigenvalue weighted by atomic mass is 10.2. The molecule has 0 amide bonds. The number of fused-ring (bicyclic) bond motifs is 1. The van der Waals surface area contributed by atoms with Crippen LogP contribution in [-0.4, -0.2) is 0 Å². The van der Waals surface area contributed by atoms with Crippen molar-refractivity contribution in [2.45, 2.75) is 6.54 Å². The van der Waals surface area contributed by atoms with Crippen molar-refractivity contribution in [3.63, 3.8) is 0 Å². The zero-order chi connectivity index (χ0) is 19.9. The van der Waals surface area contributed by atoms with Gasteiger partial charge in [-0.1, -0.05) is 53.0 Å². The number of para-hydroxylation sites is 1. The van der Waals surface area contributed by atoms with E-state index in [0.717, 1.165) is 5.56 Å². The summed E-state index contributed by atoms with van der Waals surface area (Å²) in [6.45, 7) is 0.209. The van der Waals surface area contributed by atoms with Gasteiger partial charge in [-0.05, 0) is 42.5 Å². The number of benzene rings is 3. The van der Waals surface area contributed by atoms with Crippen LogP contribution in [0.1, 0.15) is 5.56 Å². The van der Waals surface area contributed by atoms with Crippen molar-refractivity contribution in [1.82, 2.24) is 0 Å². The van der Waals surface area contributed by atoms with Crippen LogP contribution in [0.3, 0.4) is 0 Å². The van der Waals surface area contributed by atoms with Crippen LogP contribution in [0.4, 0.5) is 10.1 Å². The summed E-state index contributed by atoms with van der Waals surface area (Å²) in [7, 11) is -3.95. The molecule has 0 saturated carbocycles. The van der Waals surface area contributed by atoms with Crippen molar-refractivity contribution in [3.8, 4) is 11.5 Å². The average molecular weight is 459 g/mol. The molecular weight excluding hydrogens is 447 g/mol. The molecule has 3 aromatic rings. The molecule has 1 unspecified atom stereocenters. The van der Waals surface area contributed by atoms with E-state index in [1.807, 2.05) is 12.1 Å². The normalized spacial score (nSPS) is 18.4. The maximum atomic E-state index is 13.8. The van der Waals surface area contributed by atoms with Gasteiger partial charge in [0.1, 0.15) is 11.6 Å². The van der Waals surface area contributed by atoms with Gasteiger partial charge in [-0.25, -0.2) is 8.96 Å². The Morgan fingerprint density at radius 2 is 1.79 bits per heavy atom. The smallest absolute Gasteiger partial charge is 0.400 e. The van der Waals surface area contributed by atoms with Gasteiger partial charge < -0.3 is 9.05 Å². The predicted molar refractivity (Wildman–Crippen MR) is 109 cm³/mol. The second-order valence-corrected chi connectivity index (χ2v) is 9.03. The summed E-state index contributed by atoms with van der Waals surface area (Å²) in [4.78, 5) is 0. The highest BCUT2D eigenvalue weighted by Gasteiger charge is 2.42. The Kier molecular flexibility index (Phi) is 5.19. The molecule has 9 heteroatoms. The summed E-state index contributed by atoms with van der Waals surface area (Å²) in [5, 5.41) is 0.488. The molecule has 1 aliphatic rings. The fourth-order valence-electron chi connectivity index (χ4n) is 2.76. The van der Waals surface area contributed by atoms with Crippen LogP contribution in [0.15, 0.2) is 60.7 Å². The summed E-state index contributed by atoms with van der Waals surface area (Å²) in [5.41, 5.74) is 1.18. The standard InChI is InChI=1S/C19H12Cl3FNO3P/c20-13-5-8-19(16(22)9-13)27-28(25)24(14-6-7-17(23)15(21)10-14)11-12-3-1-2-4-18(12)26-28/h1-10H,11H2. The molecule has 0 spiro atoms. The third kappa shape index (κ3) is 3.68. The van der Waals surface area contributed by atoms with E-state index in [1.54, 1.807) is 18.2 Å². The highest BCUT2D eigenvalue weighted by molar-refractivity contribution is 7.56. The molecule has 1 aliphatic heterocycles. The average Bonchev–Trinajstić information content (AvgIpc) is 2.66. The lowest BCUT2D eigenvalue weighted by molar-refractivity contribution is 0.370. The molecule has 0 saturated heterocycles. The lowest BCUT2D eigenvalue weighted by Gasteiger charge is -2.36. The predicted octanol–water partition coefficient (Wildman–Crippen LogP) is 7.37. The topological polar surface area (TPSA) is 38.8 Å². The highest BCUT2D eigenvalue weighted by Crippen LogP contribution is 2.59. The van der Waals surface area contributed by atoms with Crippen molar-refractivity contribution >= 4 is 48.2 Å². The van der Waals surface area contributed by atoms with Gasteiger partial charge in [-0.15, -0.1) is 0 Å². The Balaban J connectivity index is 1.80. The maximum absolute atomic E-state index is 13.8. The van der Waals surface area contributed by atoms with Crippen LogP contribution < -0.4 is 13.7 Å². The van der Waals surface area contributed by atoms with Crippen molar-refractivity contribution in [2.75, 3.05) is 4.67 Å². The molecule has 4 nitrogen and oxygen atoms in total. The van der Waals surface area contributed by atoms with Crippen molar-refractivity contribution in [1.29, 1.82) is 0 Å². The van der Waals surface area contributed by atoms with Gasteiger partial charge >= 0.3 is 7.75 Å². The Labute approximate surface area is 175 Å². The molecular formula is C19H12Cl3FNO3P. The van der Waals surface area contributed by atoms with E-state index in [-0.39, 0.29) is 22.3 Å². The summed E-state index contributed by atoms with van der Waals surface area (Å²) in [6.07, 6.45) is 0. The number of hydrogen-bond acceptors (Lipinski definition) is 3. The SMILES string of the molecule is O=P1(Oc2ccc(Cl)cc2Cl)Oc2ccccc2CN1c1ccc(F)c(Cl)c1. The van der Waals surface area contributed by atoms with Gasteiger partial charge in [-0.3, -0.25) is 4.67 Å². The van der Waals surface area contributed by atoms with Gasteiger partial charge in [0.05, 0.1) is 22.3 Å². The van der Waals surface area contributed by atoms with Gasteiger partial charge in [-0.2, -0.15) is 0 Å². The molecule has 28 heavy (non-hydrogen) atoms. The fraction of sp³-hybridized carbons (Fsp3) is 0.0526. The molecule has 4 rings (SSSR count). The fourth-order valence-corrected chi connectivity index (χ4v) is 5.24. The zero-order valence-corrected chi connectivity index (χ0v) is 17.3. The van der Waals surface area contributed by atoms with E-state index < -0.39 is 13.6 Å². The molecule has 0 aliphatic carbocycles. The van der Waals surface area contributed by atoms with Crippen LogP contribution >= 0.6 is 42.5 Å². The third-order valence-corrected chi connectivity index (χ3v) is 6.75. The molecule has 3 aromatic carbocycles. The molecule has 0 N–H and O–H groups in total. The number of hydrogen-bond donors (Lipinski definition) is 0. The van der Waals surface area contributed by atoms with Crippen LogP contribution in [-0.2, 0) is 11.1 Å². The third-order valence-electron chi connectivity index (χ3n) is 4.11. The second-order valence-electron chi connectivity index (χ2n) is 5.99. The zero-order valence-electron chi connectivity index (χ0n) is 14.1. The summed E-state index contributed by atoms with van der Waals surface area (Å²) >= 11 is 18.0. The van der Waals surface area contributed by atoms with Crippen LogP contribution in [0, 0.1) is 5.82 Å². The molecule has 144 valence electrons. The van der Waals surface area contributed by atoms with E-state index in [0.29, 0.717) is 16.5 Å². The second kappa shape index (κ2) is 7.49. The van der Waals surface area contributed by atoms with Crippen LogP contribution in [0.2, 0.25) is 15.1 Å². The molecule has 0 aromatic heterocycles. The first-order chi connectivity index (χ1) is 13.4. The van der Waals surface area contributed by atoms with Gasteiger partial charge in [0.15, 0.2) is 5.75 Å². The largest absolute Gasteiger partial charge is 0.544 e. The van der Waals surface area contributed by atoms with Crippen molar-refractivity contribution in [2.24, 2.45) is 0 Å². The summed E-state index contributed by atoms with van der Waals surface area (Å²) < 4.78 is 40.3. The Hall–Kier alpha value is -1.91. The number of anilines is 1. The van der Waals surface area contributed by atoms with Crippen LogP contribution in [0.5, 0.6) is 11.5 Å². The number of nitrogens with zero attached hydrogens (tertiary/aromatic N) is 1. The Bertz CT molecular complexity index is 1110. The minimum Gasteiger partial charge on any atom is -0.400 e. The molecule has 1 atom stereocenters. The van der Waals surface area contributed by atoms with E-state index >= 15 is 0 Å². The molecule has 0 fully saturated rings. The van der Waals surface area contributed by atoms with E-state index in [4.69, 9.17) is 43.9 Å². The van der Waals surface area contributed by atoms with Gasteiger partial charge in [0, 0.05) is 10.6 Å². The Morgan fingerprint density at radius 3 is 2.54 bits per heavy atom. The monoisotopic (exact) mass is 457 g/mol. The molecule has 0 radical (unpaired) electrons. The van der Waals surface area contributed by atoms with Crippen molar-refractivity contribution < 1.29 is 18.0 Å². The van der Waals surface area contributed by atoms with E-state index in [1.165, 1.54) is 35.0 Å². The van der Waals surface area contributed by atoms with E-state index in [2.05, 4.69) is 0 Å². The van der Waals surface area contributed by atoms with Crippen molar-refractivity contribution in [3.05, 3.63) is 87.1 Å². The first-order valence-corrected chi connectivity index (χ1v) is 10.7. The number of rotatable bonds is 3. The minimum atomic E-state index is -3.95. The number of halogens is 4. The maximum Gasteiger partial charge on any atom is 0.544 e. The summed E-state index contributed by atoms with van der Waals surface area (Å²) in [6, 6.07) is 15.7. The van der Waals surface area contributed by atoms with Crippen LogP contribution in [0.25, 0.3) is 0 Å². The van der Waals surface area contributed by atoms with E-state index in [9.17, 15) is 8.96 Å². The molecule has 1 heterocycles. The summed E-state index contributed by atoms with van der Waals surface area (Å²) in [5.74, 6) is -0.00684. The van der Waals surface area contributed by atoms with Gasteiger partial charge in [0.2, 0.25) is 0 Å². The van der Waals surface area contributed by atoms with Gasteiger partial charge in [0.25, 0.3) is 0 Å². The first-order valence-electron chi connectivity index (χ1n) is 8.11. The molecule has 0 bridgehead atoms. The lowest BCUT2D eigenvalue weighted by Crippen LogP contribution is -2.29. The first kappa shape index (κ1) is 19.4. The Morgan fingerprint density at radius 1 is 1.00 bits per heavy atom.